The maximum absolute atomic E-state index is 15.6. The number of sulfonamides is 1. The van der Waals surface area contributed by atoms with Gasteiger partial charge < -0.3 is 18.3 Å². The smallest absolute Gasteiger partial charge is 0.424 e. The molecule has 390 valence electrons. The minimum absolute atomic E-state index is 0.0185. The summed E-state index contributed by atoms with van der Waals surface area (Å²) in [5, 5.41) is 13.5. The first-order valence-electron chi connectivity index (χ1n) is 25.5. The predicted octanol–water partition coefficient (Wildman–Crippen LogP) is 12.4. The fourth-order valence-corrected chi connectivity index (χ4v) is 17.7. The van der Waals surface area contributed by atoms with Gasteiger partial charge >= 0.3 is 6.09 Å². The van der Waals surface area contributed by atoms with Crippen LogP contribution in [0.2, 0.25) is 23.2 Å². The van der Waals surface area contributed by atoms with Crippen LogP contribution in [0.4, 0.5) is 10.5 Å². The number of ketones is 1. The maximum atomic E-state index is 15.6. The van der Waals surface area contributed by atoms with Gasteiger partial charge in [0.2, 0.25) is 8.32 Å². The number of amides is 1. The fraction of sp³-hybridized carbons (Fsp3) is 0.509. The average molecular weight is 1040 g/mol. The van der Waals surface area contributed by atoms with E-state index in [9.17, 15) is 23.3 Å². The summed E-state index contributed by atoms with van der Waals surface area (Å²) in [4.78, 5) is 40.1. The Balaban J connectivity index is 1.38. The zero-order valence-electron chi connectivity index (χ0n) is 44.4. The molecule has 0 radical (unpaired) electrons. The molecular formula is C57H78N2O10SSi2. The van der Waals surface area contributed by atoms with Gasteiger partial charge in [-0.1, -0.05) is 133 Å². The van der Waals surface area contributed by atoms with E-state index in [-0.39, 0.29) is 57.2 Å². The number of hydrogen-bond donors (Lipinski definition) is 0. The van der Waals surface area contributed by atoms with E-state index in [0.29, 0.717) is 51.9 Å². The van der Waals surface area contributed by atoms with Crippen molar-refractivity contribution in [1.82, 2.24) is 4.31 Å². The van der Waals surface area contributed by atoms with Gasteiger partial charge in [0.1, 0.15) is 11.4 Å². The summed E-state index contributed by atoms with van der Waals surface area (Å²) in [5.74, 6) is 0.516. The molecule has 0 N–H and O–H groups in total. The zero-order valence-corrected chi connectivity index (χ0v) is 47.3. The highest BCUT2D eigenvalue weighted by Gasteiger charge is 2.56. The number of non-ortho nitro benzene ring substituents is 1. The molecule has 0 aliphatic heterocycles. The Bertz CT molecular complexity index is 2570. The lowest BCUT2D eigenvalue weighted by molar-refractivity contribution is -0.384. The molecule has 0 bridgehead atoms. The zero-order chi connectivity index (χ0) is 52.8. The van der Waals surface area contributed by atoms with Crippen molar-refractivity contribution in [3.63, 3.8) is 0 Å². The molecule has 0 aromatic heterocycles. The van der Waals surface area contributed by atoms with Crippen LogP contribution in [0.3, 0.4) is 0 Å². The van der Waals surface area contributed by atoms with Gasteiger partial charge in [0.05, 0.1) is 28.8 Å². The van der Waals surface area contributed by atoms with E-state index in [4.69, 9.17) is 18.3 Å². The van der Waals surface area contributed by atoms with E-state index in [1.807, 2.05) is 42.5 Å². The van der Waals surface area contributed by atoms with Crippen molar-refractivity contribution < 1.29 is 41.3 Å². The van der Waals surface area contributed by atoms with Crippen LogP contribution < -0.4 is 10.4 Å². The standard InChI is InChI=1S/C57H78N2O10SSi2/c1-54(2,3)68-53(61)58(70(64,65)49-32-30-47(31-33-49)59(62)63)35-21-25-45-39-48(69-71(10,11)55(4,5)6)40-46-37-44(42-66-41-43-23-15-12-16-24-43)38-52(60)57(45,46)34-22-36-67-72(56(7,8)9,50-26-17-13-18-27-50)51-28-19-14-20-29-51/h12-20,23-24,26-33,39,44-46H,21-22,25,34-38,40-42H2,1-11H3/t44-,45?,46+,57-/m1/s1. The number of Topliss-reactive ketones (excluding diaryl/α,β-unsaturated/α-hetero) is 1. The number of nitro benzene ring substituents is 1. The van der Waals surface area contributed by atoms with Crippen LogP contribution in [0.1, 0.15) is 113 Å². The first-order valence-corrected chi connectivity index (χ1v) is 31.8. The molecule has 0 heterocycles. The summed E-state index contributed by atoms with van der Waals surface area (Å²) >= 11 is 0. The van der Waals surface area contributed by atoms with Gasteiger partial charge in [-0.15, -0.1) is 0 Å². The molecule has 1 fully saturated rings. The minimum atomic E-state index is -4.54. The molecule has 0 saturated heterocycles. The van der Waals surface area contributed by atoms with E-state index in [1.165, 1.54) is 10.4 Å². The molecule has 2 aliphatic rings. The van der Waals surface area contributed by atoms with Crippen molar-refractivity contribution in [3.8, 4) is 0 Å². The molecular weight excluding hydrogens is 961 g/mol. The second kappa shape index (κ2) is 22.7. The number of hydrogen-bond acceptors (Lipinski definition) is 10. The van der Waals surface area contributed by atoms with Crippen LogP contribution >= 0.6 is 0 Å². The second-order valence-electron chi connectivity index (χ2n) is 23.3. The first kappa shape index (κ1) is 56.4. The Hall–Kier alpha value is -4.94. The summed E-state index contributed by atoms with van der Waals surface area (Å²) < 4.78 is 56.1. The third-order valence-corrected chi connectivity index (χ3v) is 26.3. The number of fused-ring (bicyclic) bond motifs is 1. The van der Waals surface area contributed by atoms with E-state index in [0.717, 1.165) is 46.3 Å². The number of carbonyl (C=O) groups is 2. The van der Waals surface area contributed by atoms with E-state index >= 15 is 4.79 Å². The molecule has 12 nitrogen and oxygen atoms in total. The molecule has 4 aromatic carbocycles. The lowest BCUT2D eigenvalue weighted by Gasteiger charge is -2.53. The van der Waals surface area contributed by atoms with Gasteiger partial charge in [-0.2, -0.15) is 0 Å². The Morgan fingerprint density at radius 1 is 0.792 bits per heavy atom. The highest BCUT2D eigenvalue weighted by Crippen LogP contribution is 2.57. The Kier molecular flexibility index (Phi) is 17.7. The monoisotopic (exact) mass is 1040 g/mol. The van der Waals surface area contributed by atoms with Crippen molar-refractivity contribution >= 4 is 54.6 Å². The molecule has 4 aromatic rings. The summed E-state index contributed by atoms with van der Waals surface area (Å²) in [6.07, 6.45) is 4.47. The Morgan fingerprint density at radius 2 is 1.36 bits per heavy atom. The SMILES string of the molecule is CC(C)(C)OC(=O)N(CCCC1C=C(O[Si](C)(C)C(C)(C)C)C[C@@H]2C[C@@H](COCc3ccccc3)CC(=O)[C@]12CCCO[Si](c1ccccc1)(c1ccccc1)C(C)(C)C)S(=O)(=O)c1ccc([N+](=O)[O-])cc1. The number of nitro groups is 1. The lowest BCUT2D eigenvalue weighted by Crippen LogP contribution is -2.66. The fourth-order valence-electron chi connectivity index (χ4n) is 10.6. The van der Waals surface area contributed by atoms with Gasteiger partial charge in [0, 0.05) is 43.5 Å². The van der Waals surface area contributed by atoms with Crippen molar-refractivity contribution in [3.05, 3.63) is 143 Å². The van der Waals surface area contributed by atoms with Crippen LogP contribution in [0.25, 0.3) is 0 Å². The molecule has 1 amide bonds. The van der Waals surface area contributed by atoms with E-state index < -0.39 is 48.7 Å². The summed E-state index contributed by atoms with van der Waals surface area (Å²) in [6.45, 7) is 23.9. The van der Waals surface area contributed by atoms with Crippen LogP contribution in [-0.4, -0.2) is 71.5 Å². The summed E-state index contributed by atoms with van der Waals surface area (Å²) in [7, 11) is -9.82. The number of ether oxygens (including phenoxy) is 2. The number of carbonyl (C=O) groups excluding carboxylic acids is 2. The summed E-state index contributed by atoms with van der Waals surface area (Å²) in [5.41, 5.74) is -1.08. The largest absolute Gasteiger partial charge is 0.547 e. The Morgan fingerprint density at radius 3 is 1.89 bits per heavy atom. The normalized spacial score (nSPS) is 20.0. The topological polar surface area (TPSA) is 152 Å². The number of allylic oxidation sites excluding steroid dienone is 2. The lowest BCUT2D eigenvalue weighted by atomic mass is 9.51. The molecule has 2 aliphatic carbocycles. The molecule has 15 heteroatoms. The predicted molar refractivity (Wildman–Crippen MR) is 289 cm³/mol. The van der Waals surface area contributed by atoms with Crippen molar-refractivity contribution in [2.75, 3.05) is 19.8 Å². The van der Waals surface area contributed by atoms with Gasteiger partial charge in [-0.05, 0) is 128 Å². The second-order valence-corrected chi connectivity index (χ2v) is 34.2. The number of nitrogens with zero attached hydrogens (tertiary/aromatic N) is 2. The molecule has 4 atom stereocenters. The van der Waals surface area contributed by atoms with Crippen molar-refractivity contribution in [1.29, 1.82) is 0 Å². The van der Waals surface area contributed by atoms with Gasteiger partial charge in [-0.3, -0.25) is 14.9 Å². The molecule has 6 rings (SSSR count). The highest BCUT2D eigenvalue weighted by molar-refractivity contribution is 7.89. The van der Waals surface area contributed by atoms with Gasteiger partial charge in [0.25, 0.3) is 24.0 Å². The van der Waals surface area contributed by atoms with E-state index in [2.05, 4.69) is 109 Å². The molecule has 0 spiro atoms. The van der Waals surface area contributed by atoms with Crippen molar-refractivity contribution in [2.24, 2.45) is 23.2 Å². The van der Waals surface area contributed by atoms with Gasteiger partial charge in [-0.25, -0.2) is 17.5 Å². The Labute approximate surface area is 431 Å². The quantitative estimate of drug-likeness (QED) is 0.0362. The number of benzene rings is 4. The number of rotatable bonds is 20. The van der Waals surface area contributed by atoms with E-state index in [1.54, 1.807) is 20.8 Å². The molecule has 1 saturated carbocycles. The highest BCUT2D eigenvalue weighted by atomic mass is 32.2. The van der Waals surface area contributed by atoms with Gasteiger partial charge in [0.15, 0.2) is 0 Å². The van der Waals surface area contributed by atoms with Crippen LogP contribution in [0.5, 0.6) is 0 Å². The minimum Gasteiger partial charge on any atom is -0.547 e. The third kappa shape index (κ3) is 12.9. The van der Waals surface area contributed by atoms with Crippen LogP contribution in [-0.2, 0) is 39.8 Å². The average Bonchev–Trinajstić information content (AvgIpc) is 3.30. The van der Waals surface area contributed by atoms with Crippen LogP contribution in [0, 0.1) is 33.3 Å². The third-order valence-electron chi connectivity index (χ3n) is 15.1. The molecule has 1 unspecified atom stereocenters. The van der Waals surface area contributed by atoms with Crippen molar-refractivity contribution in [2.45, 2.75) is 148 Å². The maximum Gasteiger partial charge on any atom is 0.424 e. The van der Waals surface area contributed by atoms with Crippen LogP contribution in [0.15, 0.2) is 132 Å². The summed E-state index contributed by atoms with van der Waals surface area (Å²) in [6, 6.07) is 35.6. The molecule has 72 heavy (non-hydrogen) atoms. The first-order chi connectivity index (χ1) is 33.7.